The van der Waals surface area contributed by atoms with Gasteiger partial charge in [0.2, 0.25) is 6.23 Å². The Morgan fingerprint density at radius 2 is 1.97 bits per heavy atom. The summed E-state index contributed by atoms with van der Waals surface area (Å²) in [6.45, 7) is 2.22. The molecule has 0 saturated carbocycles. The minimum atomic E-state index is -4.97. The van der Waals surface area contributed by atoms with Crippen molar-refractivity contribution in [3.8, 4) is 5.75 Å². The average Bonchev–Trinajstić information content (AvgIpc) is 3.05. The van der Waals surface area contributed by atoms with Crippen LogP contribution < -0.4 is 15.9 Å². The zero-order valence-electron chi connectivity index (χ0n) is 20.2. The first-order chi connectivity index (χ1) is 17.2. The number of aliphatic hydroxyl groups is 2. The number of esters is 1. The van der Waals surface area contributed by atoms with Crippen LogP contribution in [0.15, 0.2) is 47.4 Å². The van der Waals surface area contributed by atoms with Crippen molar-refractivity contribution >= 4 is 19.4 Å². The van der Waals surface area contributed by atoms with Gasteiger partial charge in [0.15, 0.2) is 6.10 Å². The smallest absolute Gasteiger partial charge is 0.422 e. The Bertz CT molecular complexity index is 1210. The number of halogens is 2. The number of aliphatic hydroxyl groups excluding tert-OH is 1. The van der Waals surface area contributed by atoms with Gasteiger partial charge in [-0.05, 0) is 24.1 Å². The molecule has 15 heteroatoms. The Kier molecular flexibility index (Phi) is 8.40. The first-order valence-electron chi connectivity index (χ1n) is 11.1. The number of aromatic nitrogens is 2. The maximum Gasteiger partial charge on any atom is 0.422 e. The van der Waals surface area contributed by atoms with Crippen molar-refractivity contribution in [3.63, 3.8) is 0 Å². The molecule has 3 rings (SSSR count). The van der Waals surface area contributed by atoms with E-state index in [0.29, 0.717) is 4.57 Å². The van der Waals surface area contributed by atoms with Crippen LogP contribution in [-0.4, -0.2) is 62.9 Å². The Balaban J connectivity index is 1.94. The summed E-state index contributed by atoms with van der Waals surface area (Å²) in [6.07, 6.45) is -6.23. The number of alkyl halides is 2. The highest BCUT2D eigenvalue weighted by Gasteiger charge is 2.62. The molecule has 1 aliphatic rings. The summed E-state index contributed by atoms with van der Waals surface area (Å²) in [5.41, 5.74) is 4.23. The van der Waals surface area contributed by atoms with Gasteiger partial charge >= 0.3 is 25.2 Å². The largest absolute Gasteiger partial charge is 0.466 e. The normalized spacial score (nSPS) is 24.3. The maximum absolute atomic E-state index is 14.9. The molecule has 5 atom stereocenters. The summed E-state index contributed by atoms with van der Waals surface area (Å²) < 4.78 is 64.9. The molecule has 0 bridgehead atoms. The van der Waals surface area contributed by atoms with E-state index in [2.05, 4.69) is 9.72 Å². The second kappa shape index (κ2) is 10.8. The number of para-hydroxylation sites is 1. The summed E-state index contributed by atoms with van der Waals surface area (Å²) in [5.74, 6) is -6.05. The Hall–Kier alpha value is -2.90. The van der Waals surface area contributed by atoms with Crippen molar-refractivity contribution in [1.29, 1.82) is 0 Å². The molecule has 204 valence electrons. The molecule has 0 radical (unpaired) electrons. The zero-order valence-corrected chi connectivity index (χ0v) is 21.1. The number of rotatable bonds is 10. The Morgan fingerprint density at radius 3 is 2.54 bits per heavy atom. The van der Waals surface area contributed by atoms with Crippen molar-refractivity contribution in [3.05, 3.63) is 53.1 Å². The predicted molar refractivity (Wildman–Crippen MR) is 125 cm³/mol. The van der Waals surface area contributed by atoms with Gasteiger partial charge in [-0.3, -0.25) is 9.09 Å². The van der Waals surface area contributed by atoms with Gasteiger partial charge in [0.1, 0.15) is 17.7 Å². The van der Waals surface area contributed by atoms with E-state index in [1.54, 1.807) is 19.9 Å². The fraction of sp³-hybridized carbons (Fsp3) is 0.500. The summed E-state index contributed by atoms with van der Waals surface area (Å²) in [5, 5.41) is 18.7. The second-order valence-corrected chi connectivity index (χ2v) is 11.0. The highest BCUT2D eigenvalue weighted by Crippen LogP contribution is 2.61. The number of anilines is 1. The van der Waals surface area contributed by atoms with E-state index >= 15 is 0 Å². The predicted octanol–water partition coefficient (Wildman–Crippen LogP) is 1.92. The number of benzene rings is 1. The van der Waals surface area contributed by atoms with Crippen molar-refractivity contribution in [1.82, 2.24) is 9.55 Å². The lowest BCUT2D eigenvalue weighted by Crippen LogP contribution is -2.44. The maximum atomic E-state index is 14.9. The SMILES string of the molecule is COC(=O)[C@@](O)(CC(C)C)P(=O)(OC[C@H]1O[C@@H](n2ccc(N)nc2=O)C(F)(F)[C@@H]1O)Oc1ccccc1. The first-order valence-corrected chi connectivity index (χ1v) is 12.7. The molecule has 2 aromatic rings. The molecule has 37 heavy (non-hydrogen) atoms. The Labute approximate surface area is 210 Å². The number of nitrogen functional groups attached to an aromatic ring is 1. The van der Waals surface area contributed by atoms with Crippen LogP contribution in [0.25, 0.3) is 0 Å². The fourth-order valence-corrected chi connectivity index (χ4v) is 5.81. The molecule has 1 saturated heterocycles. The summed E-state index contributed by atoms with van der Waals surface area (Å²) in [4.78, 5) is 28.1. The first kappa shape index (κ1) is 28.7. The molecule has 0 aliphatic carbocycles. The van der Waals surface area contributed by atoms with Gasteiger partial charge in [-0.1, -0.05) is 32.0 Å². The molecule has 0 amide bonds. The van der Waals surface area contributed by atoms with E-state index < -0.39 is 67.9 Å². The minimum Gasteiger partial charge on any atom is -0.466 e. The van der Waals surface area contributed by atoms with E-state index in [-0.39, 0.29) is 11.6 Å². The third kappa shape index (κ3) is 5.68. The number of methoxy groups -OCH3 is 1. The zero-order chi connectivity index (χ0) is 27.6. The lowest BCUT2D eigenvalue weighted by atomic mass is 10.1. The van der Waals surface area contributed by atoms with Crippen LogP contribution in [0.2, 0.25) is 0 Å². The third-order valence-electron chi connectivity index (χ3n) is 5.52. The van der Waals surface area contributed by atoms with E-state index in [1.165, 1.54) is 24.3 Å². The van der Waals surface area contributed by atoms with E-state index in [9.17, 15) is 33.1 Å². The molecule has 1 aromatic carbocycles. The number of nitrogens with two attached hydrogens (primary N) is 1. The fourth-order valence-electron chi connectivity index (χ4n) is 3.75. The van der Waals surface area contributed by atoms with Crippen molar-refractivity contribution in [2.75, 3.05) is 19.5 Å². The number of carbonyl (C=O) groups is 1. The van der Waals surface area contributed by atoms with Gasteiger partial charge in [-0.2, -0.15) is 13.8 Å². The van der Waals surface area contributed by atoms with Gasteiger partial charge in [-0.15, -0.1) is 0 Å². The summed E-state index contributed by atoms with van der Waals surface area (Å²) in [7, 11) is -4.02. The minimum absolute atomic E-state index is 0.0625. The highest BCUT2D eigenvalue weighted by atomic mass is 31.2. The van der Waals surface area contributed by atoms with E-state index in [1.807, 2.05) is 0 Å². The summed E-state index contributed by atoms with van der Waals surface area (Å²) >= 11 is 0. The van der Waals surface area contributed by atoms with Crippen LogP contribution in [-0.2, 0) is 23.4 Å². The van der Waals surface area contributed by atoms with Crippen molar-refractivity contribution in [2.45, 2.75) is 50.0 Å². The van der Waals surface area contributed by atoms with Crippen LogP contribution in [0.3, 0.4) is 0 Å². The lowest BCUT2D eigenvalue weighted by Gasteiger charge is -2.34. The molecule has 4 N–H and O–H groups in total. The number of carbonyl (C=O) groups excluding carboxylic acids is 1. The monoisotopic (exact) mass is 547 g/mol. The van der Waals surface area contributed by atoms with Gasteiger partial charge in [0.05, 0.1) is 13.7 Å². The molecule has 2 heterocycles. The van der Waals surface area contributed by atoms with Gasteiger partial charge in [0, 0.05) is 12.6 Å². The number of hydrogen-bond acceptors (Lipinski definition) is 11. The second-order valence-electron chi connectivity index (χ2n) is 8.79. The van der Waals surface area contributed by atoms with E-state index in [4.69, 9.17) is 19.5 Å². The molecule has 12 nitrogen and oxygen atoms in total. The molecule has 1 fully saturated rings. The third-order valence-corrected chi connectivity index (χ3v) is 7.73. The highest BCUT2D eigenvalue weighted by molar-refractivity contribution is 7.57. The van der Waals surface area contributed by atoms with Crippen LogP contribution >= 0.6 is 7.60 Å². The average molecular weight is 547 g/mol. The van der Waals surface area contributed by atoms with Crippen LogP contribution in [0.4, 0.5) is 14.6 Å². The standard InChI is InChI=1S/C22H28F2N3O9P/c1-13(2)11-21(31,19(29)33-3)37(32,36-14-7-5-4-6-8-14)34-12-15-17(28)22(23,24)18(35-15)27-10-9-16(25)26-20(27)30/h4-10,13,15,17-18,28,31H,11-12H2,1-3H3,(H2,25,26,30)/t15-,17-,18-,21-,37?/m1/s1. The summed E-state index contributed by atoms with van der Waals surface area (Å²) in [6, 6.07) is 8.49. The van der Waals surface area contributed by atoms with Crippen molar-refractivity contribution in [2.24, 2.45) is 5.92 Å². The molecule has 1 aliphatic heterocycles. The van der Waals surface area contributed by atoms with Crippen LogP contribution in [0.1, 0.15) is 26.5 Å². The Morgan fingerprint density at radius 1 is 1.32 bits per heavy atom. The van der Waals surface area contributed by atoms with Crippen LogP contribution in [0.5, 0.6) is 5.75 Å². The lowest BCUT2D eigenvalue weighted by molar-refractivity contribution is -0.157. The van der Waals surface area contributed by atoms with Gasteiger partial charge in [0.25, 0.3) is 5.34 Å². The number of hydrogen-bond donors (Lipinski definition) is 3. The molecular formula is C22H28F2N3O9P. The number of ether oxygens (including phenoxy) is 2. The van der Waals surface area contributed by atoms with Gasteiger partial charge < -0.3 is 29.9 Å². The molecule has 0 spiro atoms. The van der Waals surface area contributed by atoms with Crippen molar-refractivity contribution < 1.29 is 46.9 Å². The molecule has 1 aromatic heterocycles. The molecular weight excluding hydrogens is 519 g/mol. The molecule has 1 unspecified atom stereocenters. The van der Waals surface area contributed by atoms with Crippen LogP contribution in [0, 0.1) is 5.92 Å². The van der Waals surface area contributed by atoms with Gasteiger partial charge in [-0.25, -0.2) is 14.2 Å². The van der Waals surface area contributed by atoms with E-state index in [0.717, 1.165) is 19.4 Å². The number of nitrogens with zero attached hydrogens (tertiary/aromatic N) is 2. The quantitative estimate of drug-likeness (QED) is 0.293. The topological polar surface area (TPSA) is 172 Å².